The number of benzene rings is 2. The lowest BCUT2D eigenvalue weighted by Gasteiger charge is -2.12. The summed E-state index contributed by atoms with van der Waals surface area (Å²) < 4.78 is 7.34. The minimum atomic E-state index is -0.130. The van der Waals surface area contributed by atoms with Crippen LogP contribution in [0.4, 0.5) is 5.69 Å². The van der Waals surface area contributed by atoms with Gasteiger partial charge in [0.05, 0.1) is 6.61 Å². The van der Waals surface area contributed by atoms with E-state index in [1.165, 1.54) is 6.42 Å². The van der Waals surface area contributed by atoms with Crippen molar-refractivity contribution in [3.05, 3.63) is 65.0 Å². The summed E-state index contributed by atoms with van der Waals surface area (Å²) in [6, 6.07) is 13.5. The maximum absolute atomic E-state index is 12.7. The van der Waals surface area contributed by atoms with E-state index in [1.807, 2.05) is 49.4 Å². The van der Waals surface area contributed by atoms with Crippen LogP contribution < -0.4 is 5.32 Å². The number of carbonyl (C=O) groups is 1. The normalized spacial score (nSPS) is 13.6. The molecule has 1 aliphatic rings. The van der Waals surface area contributed by atoms with Crippen LogP contribution in [0.3, 0.4) is 0 Å². The molecule has 0 spiro atoms. The monoisotopic (exact) mass is 390 g/mol. The van der Waals surface area contributed by atoms with Crippen molar-refractivity contribution in [1.29, 1.82) is 0 Å². The highest BCUT2D eigenvalue weighted by molar-refractivity contribution is 6.04. The Morgan fingerprint density at radius 2 is 1.93 bits per heavy atom. The van der Waals surface area contributed by atoms with Crippen molar-refractivity contribution < 1.29 is 9.53 Å². The van der Waals surface area contributed by atoms with Crippen LogP contribution >= 0.6 is 0 Å². The molecule has 0 saturated carbocycles. The molecule has 0 unspecified atom stereocenters. The van der Waals surface area contributed by atoms with Gasteiger partial charge >= 0.3 is 0 Å². The van der Waals surface area contributed by atoms with E-state index in [1.54, 1.807) is 7.11 Å². The second kappa shape index (κ2) is 8.57. The molecule has 2 aromatic carbocycles. The Labute approximate surface area is 170 Å². The average Bonchev–Trinajstić information content (AvgIpc) is 2.98. The van der Waals surface area contributed by atoms with Gasteiger partial charge in [0.2, 0.25) is 0 Å². The molecular formula is C23H26N4O2. The Morgan fingerprint density at radius 3 is 2.72 bits per heavy atom. The van der Waals surface area contributed by atoms with Crippen molar-refractivity contribution in [3.63, 3.8) is 0 Å². The molecule has 6 heteroatoms. The van der Waals surface area contributed by atoms with Crippen molar-refractivity contribution >= 4 is 11.6 Å². The quantitative estimate of drug-likeness (QED) is 0.702. The van der Waals surface area contributed by atoms with Crippen LogP contribution in [0.2, 0.25) is 0 Å². The lowest BCUT2D eigenvalue weighted by atomic mass is 10.1. The van der Waals surface area contributed by atoms with Gasteiger partial charge in [-0.15, -0.1) is 10.2 Å². The molecule has 0 radical (unpaired) electrons. The topological polar surface area (TPSA) is 69.0 Å². The largest absolute Gasteiger partial charge is 0.380 e. The van der Waals surface area contributed by atoms with Gasteiger partial charge in [-0.1, -0.05) is 30.7 Å². The van der Waals surface area contributed by atoms with Gasteiger partial charge < -0.3 is 14.6 Å². The molecule has 3 aromatic rings. The predicted molar refractivity (Wildman–Crippen MR) is 113 cm³/mol. The molecule has 1 aromatic heterocycles. The lowest BCUT2D eigenvalue weighted by molar-refractivity contribution is 0.102. The predicted octanol–water partition coefficient (Wildman–Crippen LogP) is 4.38. The third-order valence-electron chi connectivity index (χ3n) is 5.38. The van der Waals surface area contributed by atoms with Crippen LogP contribution in [0, 0.1) is 6.92 Å². The number of nitrogens with one attached hydrogen (secondary N) is 1. The SMILES string of the molecule is COCc1ccc(C(=O)Nc2cc(-c3nnc4n3CCCCC4)ccc2C)cc1. The van der Waals surface area contributed by atoms with Crippen LogP contribution in [0.25, 0.3) is 11.4 Å². The second-order valence-corrected chi connectivity index (χ2v) is 7.52. The molecule has 6 nitrogen and oxygen atoms in total. The summed E-state index contributed by atoms with van der Waals surface area (Å²) in [4.78, 5) is 12.7. The zero-order chi connectivity index (χ0) is 20.2. The number of methoxy groups -OCH3 is 1. The minimum Gasteiger partial charge on any atom is -0.380 e. The van der Waals surface area contributed by atoms with Gasteiger partial charge in [-0.2, -0.15) is 0 Å². The number of ether oxygens (including phenoxy) is 1. The van der Waals surface area contributed by atoms with Crippen LogP contribution in [0.1, 0.15) is 46.6 Å². The first-order chi connectivity index (χ1) is 14.2. The molecule has 4 rings (SSSR count). The Kier molecular flexibility index (Phi) is 5.71. The van der Waals surface area contributed by atoms with E-state index >= 15 is 0 Å². The summed E-state index contributed by atoms with van der Waals surface area (Å²) in [6.07, 6.45) is 4.51. The number of rotatable bonds is 5. The van der Waals surface area contributed by atoms with Crippen LogP contribution in [-0.4, -0.2) is 27.8 Å². The van der Waals surface area contributed by atoms with Crippen LogP contribution in [0.5, 0.6) is 0 Å². The summed E-state index contributed by atoms with van der Waals surface area (Å²) >= 11 is 0. The Hall–Kier alpha value is -2.99. The van der Waals surface area contributed by atoms with Crippen LogP contribution in [-0.2, 0) is 24.3 Å². The molecule has 0 bridgehead atoms. The molecule has 0 fully saturated rings. The van der Waals surface area contributed by atoms with Gasteiger partial charge in [-0.3, -0.25) is 4.79 Å². The summed E-state index contributed by atoms with van der Waals surface area (Å²) in [6.45, 7) is 3.47. The van der Waals surface area contributed by atoms with Gasteiger partial charge in [0, 0.05) is 36.9 Å². The lowest BCUT2D eigenvalue weighted by Crippen LogP contribution is -2.13. The van der Waals surface area contributed by atoms with Crippen molar-refractivity contribution in [2.45, 2.75) is 45.8 Å². The number of fused-ring (bicyclic) bond motifs is 1. The fourth-order valence-corrected chi connectivity index (χ4v) is 3.71. The third-order valence-corrected chi connectivity index (χ3v) is 5.38. The van der Waals surface area contributed by atoms with Gasteiger partial charge in [-0.05, 0) is 49.1 Å². The van der Waals surface area contributed by atoms with Gasteiger partial charge in [-0.25, -0.2) is 0 Å². The smallest absolute Gasteiger partial charge is 0.255 e. The van der Waals surface area contributed by atoms with E-state index < -0.39 is 0 Å². The minimum absolute atomic E-state index is 0.130. The maximum atomic E-state index is 12.7. The first-order valence-electron chi connectivity index (χ1n) is 10.1. The highest BCUT2D eigenvalue weighted by Crippen LogP contribution is 2.27. The van der Waals surface area contributed by atoms with E-state index in [0.29, 0.717) is 12.2 Å². The Balaban J connectivity index is 1.57. The molecule has 1 N–H and O–H groups in total. The van der Waals surface area contributed by atoms with Crippen molar-refractivity contribution in [1.82, 2.24) is 14.8 Å². The standard InChI is InChI=1S/C23H26N4O2/c1-16-7-10-19(22-26-25-21-6-4-3-5-13-27(21)22)14-20(16)24-23(28)18-11-8-17(9-12-18)15-29-2/h7-12,14H,3-6,13,15H2,1-2H3,(H,24,28). The molecule has 1 amide bonds. The van der Waals surface area contributed by atoms with E-state index in [9.17, 15) is 4.79 Å². The fourth-order valence-electron chi connectivity index (χ4n) is 3.71. The maximum Gasteiger partial charge on any atom is 0.255 e. The molecule has 29 heavy (non-hydrogen) atoms. The molecule has 0 saturated heterocycles. The number of amides is 1. The molecule has 2 heterocycles. The molecule has 0 atom stereocenters. The second-order valence-electron chi connectivity index (χ2n) is 7.52. The first kappa shape index (κ1) is 19.3. The van der Waals surface area contributed by atoms with Crippen molar-refractivity contribution in [3.8, 4) is 11.4 Å². The number of hydrogen-bond donors (Lipinski definition) is 1. The molecule has 1 aliphatic heterocycles. The highest BCUT2D eigenvalue weighted by Gasteiger charge is 2.17. The molecule has 0 aliphatic carbocycles. The van der Waals surface area contributed by atoms with Crippen molar-refractivity contribution in [2.24, 2.45) is 0 Å². The number of hydrogen-bond acceptors (Lipinski definition) is 4. The highest BCUT2D eigenvalue weighted by atomic mass is 16.5. The van der Waals surface area contributed by atoms with Crippen LogP contribution in [0.15, 0.2) is 42.5 Å². The van der Waals surface area contributed by atoms with E-state index in [4.69, 9.17) is 4.74 Å². The van der Waals surface area contributed by atoms with Gasteiger partial charge in [0.25, 0.3) is 5.91 Å². The Bertz CT molecular complexity index is 1010. The number of aryl methyl sites for hydroxylation is 2. The Morgan fingerprint density at radius 1 is 1.10 bits per heavy atom. The van der Waals surface area contributed by atoms with Gasteiger partial charge in [0.15, 0.2) is 5.82 Å². The number of anilines is 1. The number of nitrogens with zero attached hydrogens (tertiary/aromatic N) is 3. The van der Waals surface area contributed by atoms with E-state index in [2.05, 4.69) is 20.1 Å². The molecular weight excluding hydrogens is 364 g/mol. The summed E-state index contributed by atoms with van der Waals surface area (Å²) in [7, 11) is 1.66. The zero-order valence-electron chi connectivity index (χ0n) is 16.9. The van der Waals surface area contributed by atoms with Gasteiger partial charge in [0.1, 0.15) is 5.82 Å². The van der Waals surface area contributed by atoms with E-state index in [-0.39, 0.29) is 5.91 Å². The third kappa shape index (κ3) is 4.22. The summed E-state index contributed by atoms with van der Waals surface area (Å²) in [5.41, 5.74) is 4.43. The van der Waals surface area contributed by atoms with E-state index in [0.717, 1.165) is 59.8 Å². The summed E-state index contributed by atoms with van der Waals surface area (Å²) in [5.74, 6) is 1.80. The fraction of sp³-hybridized carbons (Fsp3) is 0.348. The number of carbonyl (C=O) groups excluding carboxylic acids is 1. The molecule has 150 valence electrons. The summed E-state index contributed by atoms with van der Waals surface area (Å²) in [5, 5.41) is 11.9. The average molecular weight is 390 g/mol. The number of aromatic nitrogens is 3. The first-order valence-corrected chi connectivity index (χ1v) is 10.1. The van der Waals surface area contributed by atoms with Crippen molar-refractivity contribution in [2.75, 3.05) is 12.4 Å². The zero-order valence-corrected chi connectivity index (χ0v) is 16.9.